The SMILES string of the molecule is COc1cccc(CN)c1OCCS(C)(=O)=O. The number of ether oxygens (including phenoxy) is 2. The zero-order valence-corrected chi connectivity index (χ0v) is 10.8. The van der Waals surface area contributed by atoms with Gasteiger partial charge in [0, 0.05) is 18.4 Å². The van der Waals surface area contributed by atoms with Crippen LogP contribution in [0.3, 0.4) is 0 Å². The van der Waals surface area contributed by atoms with E-state index in [4.69, 9.17) is 15.2 Å². The lowest BCUT2D eigenvalue weighted by Crippen LogP contribution is -2.13. The fourth-order valence-electron chi connectivity index (χ4n) is 1.34. The number of nitrogens with two attached hydrogens (primary N) is 1. The van der Waals surface area contributed by atoms with Crippen molar-refractivity contribution in [2.75, 3.05) is 25.7 Å². The summed E-state index contributed by atoms with van der Waals surface area (Å²) >= 11 is 0. The van der Waals surface area contributed by atoms with Gasteiger partial charge in [0.1, 0.15) is 6.61 Å². The van der Waals surface area contributed by atoms with Crippen molar-refractivity contribution in [2.24, 2.45) is 5.73 Å². The Hall–Kier alpha value is -1.27. The molecule has 17 heavy (non-hydrogen) atoms. The van der Waals surface area contributed by atoms with Crippen LogP contribution in [0.1, 0.15) is 5.56 Å². The molecule has 0 saturated carbocycles. The molecule has 1 aromatic rings. The molecule has 5 nitrogen and oxygen atoms in total. The van der Waals surface area contributed by atoms with Crippen molar-refractivity contribution in [3.63, 3.8) is 0 Å². The van der Waals surface area contributed by atoms with Crippen molar-refractivity contribution in [3.05, 3.63) is 23.8 Å². The van der Waals surface area contributed by atoms with Gasteiger partial charge in [-0.3, -0.25) is 0 Å². The van der Waals surface area contributed by atoms with Gasteiger partial charge in [-0.1, -0.05) is 12.1 Å². The molecule has 0 amide bonds. The summed E-state index contributed by atoms with van der Waals surface area (Å²) in [5.74, 6) is 1.04. The minimum Gasteiger partial charge on any atom is -0.493 e. The number of rotatable bonds is 6. The molecular weight excluding hydrogens is 242 g/mol. The maximum atomic E-state index is 11.0. The maximum absolute atomic E-state index is 11.0. The number of methoxy groups -OCH3 is 1. The normalized spacial score (nSPS) is 11.2. The predicted octanol–water partition coefficient (Wildman–Crippen LogP) is 0.577. The highest BCUT2D eigenvalue weighted by atomic mass is 32.2. The highest BCUT2D eigenvalue weighted by molar-refractivity contribution is 7.90. The van der Waals surface area contributed by atoms with Crippen molar-refractivity contribution in [1.29, 1.82) is 0 Å². The monoisotopic (exact) mass is 259 g/mol. The Morgan fingerprint density at radius 2 is 2.06 bits per heavy atom. The minimum absolute atomic E-state index is 0.0327. The van der Waals surface area contributed by atoms with Crippen LogP contribution in [0.2, 0.25) is 0 Å². The quantitative estimate of drug-likeness (QED) is 0.808. The van der Waals surface area contributed by atoms with Gasteiger partial charge in [0.05, 0.1) is 12.9 Å². The van der Waals surface area contributed by atoms with Crippen LogP contribution in [0.5, 0.6) is 11.5 Å². The van der Waals surface area contributed by atoms with Gasteiger partial charge in [-0.05, 0) is 6.07 Å². The molecule has 0 aliphatic carbocycles. The van der Waals surface area contributed by atoms with Gasteiger partial charge in [-0.25, -0.2) is 8.42 Å². The van der Waals surface area contributed by atoms with E-state index in [1.165, 1.54) is 13.4 Å². The largest absolute Gasteiger partial charge is 0.493 e. The summed E-state index contributed by atoms with van der Waals surface area (Å²) in [5.41, 5.74) is 6.37. The molecule has 0 aliphatic heterocycles. The highest BCUT2D eigenvalue weighted by Crippen LogP contribution is 2.30. The van der Waals surface area contributed by atoms with Gasteiger partial charge in [-0.2, -0.15) is 0 Å². The Morgan fingerprint density at radius 1 is 1.35 bits per heavy atom. The Morgan fingerprint density at radius 3 is 2.59 bits per heavy atom. The standard InChI is InChI=1S/C11H17NO4S/c1-15-10-5-3-4-9(8-12)11(10)16-6-7-17(2,13)14/h3-5H,6-8,12H2,1-2H3. The van der Waals surface area contributed by atoms with E-state index in [1.54, 1.807) is 6.07 Å². The van der Waals surface area contributed by atoms with Gasteiger partial charge in [0.2, 0.25) is 0 Å². The summed E-state index contributed by atoms with van der Waals surface area (Å²) in [6.45, 7) is 0.400. The van der Waals surface area contributed by atoms with Crippen molar-refractivity contribution in [3.8, 4) is 11.5 Å². The van der Waals surface area contributed by atoms with E-state index in [0.717, 1.165) is 5.56 Å². The molecule has 0 aromatic heterocycles. The average Bonchev–Trinajstić information content (AvgIpc) is 2.27. The summed E-state index contributed by atoms with van der Waals surface area (Å²) < 4.78 is 32.6. The number of para-hydroxylation sites is 1. The fraction of sp³-hybridized carbons (Fsp3) is 0.455. The Bertz CT molecular complexity index is 448. The van der Waals surface area contributed by atoms with E-state index >= 15 is 0 Å². The van der Waals surface area contributed by atoms with Gasteiger partial charge in [0.25, 0.3) is 0 Å². The summed E-state index contributed by atoms with van der Waals surface area (Å²) in [5, 5.41) is 0. The molecule has 1 rings (SSSR count). The number of sulfone groups is 1. The first-order valence-electron chi connectivity index (χ1n) is 5.14. The first-order chi connectivity index (χ1) is 7.98. The van der Waals surface area contributed by atoms with E-state index < -0.39 is 9.84 Å². The highest BCUT2D eigenvalue weighted by Gasteiger charge is 2.10. The van der Waals surface area contributed by atoms with Gasteiger partial charge < -0.3 is 15.2 Å². The molecule has 96 valence electrons. The molecule has 0 aliphatic rings. The molecule has 0 bridgehead atoms. The van der Waals surface area contributed by atoms with E-state index in [0.29, 0.717) is 18.0 Å². The summed E-state index contributed by atoms with van der Waals surface area (Å²) in [6.07, 6.45) is 1.17. The molecule has 2 N–H and O–H groups in total. The second-order valence-corrected chi connectivity index (χ2v) is 5.89. The topological polar surface area (TPSA) is 78.6 Å². The number of benzene rings is 1. The van der Waals surface area contributed by atoms with Crippen LogP contribution in [0.4, 0.5) is 0 Å². The van der Waals surface area contributed by atoms with E-state index in [9.17, 15) is 8.42 Å². The molecule has 6 heteroatoms. The Kier molecular flexibility index (Phi) is 4.77. The lowest BCUT2D eigenvalue weighted by molar-refractivity contribution is 0.308. The molecule has 0 fully saturated rings. The minimum atomic E-state index is -3.03. The van der Waals surface area contributed by atoms with Crippen LogP contribution >= 0.6 is 0 Å². The molecule has 0 saturated heterocycles. The third-order valence-corrected chi connectivity index (χ3v) is 3.11. The van der Waals surface area contributed by atoms with E-state index in [1.807, 2.05) is 12.1 Å². The molecule has 0 spiro atoms. The molecular formula is C11H17NO4S. The maximum Gasteiger partial charge on any atom is 0.165 e. The van der Waals surface area contributed by atoms with Crippen LogP contribution < -0.4 is 15.2 Å². The van der Waals surface area contributed by atoms with Crippen LogP contribution in [-0.4, -0.2) is 34.1 Å². The Balaban J connectivity index is 2.81. The smallest absolute Gasteiger partial charge is 0.165 e. The van der Waals surface area contributed by atoms with Crippen LogP contribution in [0.15, 0.2) is 18.2 Å². The zero-order chi connectivity index (χ0) is 12.9. The Labute approximate surface area is 101 Å². The van der Waals surface area contributed by atoms with Gasteiger partial charge in [-0.15, -0.1) is 0 Å². The number of hydrogen-bond donors (Lipinski definition) is 1. The van der Waals surface area contributed by atoms with Gasteiger partial charge in [0.15, 0.2) is 21.3 Å². The van der Waals surface area contributed by atoms with Crippen LogP contribution in [0, 0.1) is 0 Å². The lowest BCUT2D eigenvalue weighted by Gasteiger charge is -2.13. The van der Waals surface area contributed by atoms with Crippen molar-refractivity contribution in [2.45, 2.75) is 6.54 Å². The molecule has 0 unspecified atom stereocenters. The van der Waals surface area contributed by atoms with E-state index in [2.05, 4.69) is 0 Å². The fourth-order valence-corrected chi connectivity index (χ4v) is 1.73. The third kappa shape index (κ3) is 4.24. The van der Waals surface area contributed by atoms with Gasteiger partial charge >= 0.3 is 0 Å². The van der Waals surface area contributed by atoms with Crippen molar-refractivity contribution >= 4 is 9.84 Å². The number of hydrogen-bond acceptors (Lipinski definition) is 5. The third-order valence-electron chi connectivity index (χ3n) is 2.20. The summed E-state index contributed by atoms with van der Waals surface area (Å²) in [7, 11) is -1.50. The lowest BCUT2D eigenvalue weighted by atomic mass is 10.2. The predicted molar refractivity (Wildman–Crippen MR) is 66.1 cm³/mol. The second kappa shape index (κ2) is 5.88. The summed E-state index contributed by atoms with van der Waals surface area (Å²) in [4.78, 5) is 0. The zero-order valence-electron chi connectivity index (χ0n) is 9.97. The van der Waals surface area contributed by atoms with Crippen LogP contribution in [-0.2, 0) is 16.4 Å². The first kappa shape index (κ1) is 13.8. The summed E-state index contributed by atoms with van der Waals surface area (Å²) in [6, 6.07) is 5.37. The molecule has 0 atom stereocenters. The van der Waals surface area contributed by atoms with Crippen molar-refractivity contribution < 1.29 is 17.9 Å². The molecule has 1 aromatic carbocycles. The first-order valence-corrected chi connectivity index (χ1v) is 7.20. The molecule has 0 radical (unpaired) electrons. The van der Waals surface area contributed by atoms with E-state index in [-0.39, 0.29) is 12.4 Å². The van der Waals surface area contributed by atoms with Crippen LogP contribution in [0.25, 0.3) is 0 Å². The van der Waals surface area contributed by atoms with Crippen molar-refractivity contribution in [1.82, 2.24) is 0 Å². The average molecular weight is 259 g/mol. The second-order valence-electron chi connectivity index (χ2n) is 3.63. The molecule has 0 heterocycles.